The summed E-state index contributed by atoms with van der Waals surface area (Å²) in [5, 5.41) is 8.74. The predicted molar refractivity (Wildman–Crippen MR) is 57.1 cm³/mol. The van der Waals surface area contributed by atoms with Gasteiger partial charge >= 0.3 is 0 Å². The molecule has 1 aliphatic carbocycles. The van der Waals surface area contributed by atoms with Crippen molar-refractivity contribution in [2.75, 3.05) is 13.1 Å². The van der Waals surface area contributed by atoms with Crippen molar-refractivity contribution in [2.45, 2.75) is 51.2 Å². The lowest BCUT2D eigenvalue weighted by molar-refractivity contribution is -0.00153. The van der Waals surface area contributed by atoms with E-state index in [0.717, 1.165) is 25.7 Å². The molecule has 0 amide bonds. The van der Waals surface area contributed by atoms with Gasteiger partial charge in [0.2, 0.25) is 0 Å². The predicted octanol–water partition coefficient (Wildman–Crippen LogP) is 2.50. The summed E-state index contributed by atoms with van der Waals surface area (Å²) in [6.07, 6.45) is 4.62. The molecule has 2 aliphatic rings. The van der Waals surface area contributed by atoms with Crippen LogP contribution in [0.15, 0.2) is 0 Å². The largest absolute Gasteiger partial charge is 0.295 e. The van der Waals surface area contributed by atoms with Crippen molar-refractivity contribution in [1.82, 2.24) is 4.90 Å². The Morgan fingerprint density at radius 1 is 1.40 bits per heavy atom. The van der Waals surface area contributed by atoms with E-state index >= 15 is 0 Å². The van der Waals surface area contributed by atoms with E-state index in [2.05, 4.69) is 17.9 Å². The number of likely N-dealkylation sites (tertiary alicyclic amines) is 1. The second kappa shape index (κ2) is 4.09. The molecule has 0 unspecified atom stereocenters. The Morgan fingerprint density at radius 3 is 2.47 bits per heavy atom. The Morgan fingerprint density at radius 2 is 2.00 bits per heavy atom. The molecule has 2 fully saturated rings. The molecule has 1 heterocycles. The van der Waals surface area contributed by atoms with E-state index in [1.165, 1.54) is 0 Å². The second-order valence-corrected chi connectivity index (χ2v) is 5.43. The van der Waals surface area contributed by atoms with Crippen LogP contribution in [0.3, 0.4) is 0 Å². The molecule has 0 aromatic rings. The Hall–Kier alpha value is -0.620. The normalized spacial score (nSPS) is 38.3. The van der Waals surface area contributed by atoms with Crippen LogP contribution >= 0.6 is 0 Å². The number of alkyl halides is 1. The highest BCUT2D eigenvalue weighted by Crippen LogP contribution is 2.40. The first-order valence-corrected chi connectivity index (χ1v) is 5.88. The van der Waals surface area contributed by atoms with Gasteiger partial charge in [-0.25, -0.2) is 4.39 Å². The molecule has 15 heavy (non-hydrogen) atoms. The van der Waals surface area contributed by atoms with Crippen LogP contribution in [0, 0.1) is 16.7 Å². The summed E-state index contributed by atoms with van der Waals surface area (Å²) >= 11 is 0. The van der Waals surface area contributed by atoms with Gasteiger partial charge < -0.3 is 0 Å². The standard InChI is InChI=1S/C12H19FN2/c1-12(6-7-14)4-2-11(3-5-12)15-8-10(13)9-15/h10-11H,2-6,8-9H2,1H3/t11-,12+. The van der Waals surface area contributed by atoms with Gasteiger partial charge in [-0.1, -0.05) is 6.92 Å². The molecule has 0 aromatic carbocycles. The third-order valence-corrected chi connectivity index (χ3v) is 4.05. The highest BCUT2D eigenvalue weighted by atomic mass is 19.1. The number of nitrogens with zero attached hydrogens (tertiary/aromatic N) is 2. The van der Waals surface area contributed by atoms with Gasteiger partial charge in [-0.15, -0.1) is 0 Å². The van der Waals surface area contributed by atoms with Gasteiger partial charge in [-0.3, -0.25) is 4.90 Å². The van der Waals surface area contributed by atoms with Crippen molar-refractivity contribution in [3.63, 3.8) is 0 Å². The number of rotatable bonds is 2. The van der Waals surface area contributed by atoms with Gasteiger partial charge in [-0.2, -0.15) is 5.26 Å². The first-order chi connectivity index (χ1) is 7.13. The molecular weight excluding hydrogens is 191 g/mol. The van der Waals surface area contributed by atoms with Gasteiger partial charge in [0.15, 0.2) is 0 Å². The van der Waals surface area contributed by atoms with E-state index in [1.807, 2.05) is 0 Å². The Bertz CT molecular complexity index is 257. The molecule has 0 bridgehead atoms. The summed E-state index contributed by atoms with van der Waals surface area (Å²) in [6.45, 7) is 3.49. The molecule has 0 N–H and O–H groups in total. The summed E-state index contributed by atoms with van der Waals surface area (Å²) < 4.78 is 12.7. The van der Waals surface area contributed by atoms with Crippen LogP contribution in [0.2, 0.25) is 0 Å². The van der Waals surface area contributed by atoms with Gasteiger partial charge in [0, 0.05) is 25.6 Å². The van der Waals surface area contributed by atoms with Crippen LogP contribution in [-0.4, -0.2) is 30.2 Å². The zero-order chi connectivity index (χ0) is 10.9. The van der Waals surface area contributed by atoms with Gasteiger partial charge in [0.05, 0.1) is 6.07 Å². The van der Waals surface area contributed by atoms with E-state index in [9.17, 15) is 4.39 Å². The average molecular weight is 210 g/mol. The lowest BCUT2D eigenvalue weighted by Crippen LogP contribution is -2.54. The highest BCUT2D eigenvalue weighted by molar-refractivity contribution is 4.94. The first-order valence-electron chi connectivity index (χ1n) is 5.88. The number of hydrogen-bond donors (Lipinski definition) is 0. The maximum absolute atomic E-state index is 12.7. The van der Waals surface area contributed by atoms with Gasteiger partial charge in [0.25, 0.3) is 0 Å². The molecule has 1 aliphatic heterocycles. The fourth-order valence-corrected chi connectivity index (χ4v) is 2.79. The van der Waals surface area contributed by atoms with E-state index in [0.29, 0.717) is 25.6 Å². The molecule has 84 valence electrons. The van der Waals surface area contributed by atoms with Crippen molar-refractivity contribution >= 4 is 0 Å². The zero-order valence-corrected chi connectivity index (χ0v) is 9.38. The minimum absolute atomic E-state index is 0.227. The summed E-state index contributed by atoms with van der Waals surface area (Å²) in [5.41, 5.74) is 0.227. The molecule has 0 aromatic heterocycles. The Balaban J connectivity index is 1.80. The van der Waals surface area contributed by atoms with E-state index in [4.69, 9.17) is 5.26 Å². The molecular formula is C12H19FN2. The summed E-state index contributed by atoms with van der Waals surface area (Å²) in [6, 6.07) is 2.87. The maximum Gasteiger partial charge on any atom is 0.125 e. The molecule has 1 saturated carbocycles. The molecule has 3 heteroatoms. The average Bonchev–Trinajstić information content (AvgIpc) is 2.15. The van der Waals surface area contributed by atoms with Gasteiger partial charge in [0.1, 0.15) is 6.17 Å². The van der Waals surface area contributed by atoms with E-state index in [-0.39, 0.29) is 5.41 Å². The molecule has 1 saturated heterocycles. The second-order valence-electron chi connectivity index (χ2n) is 5.43. The van der Waals surface area contributed by atoms with Crippen molar-refractivity contribution in [1.29, 1.82) is 5.26 Å². The third-order valence-electron chi connectivity index (χ3n) is 4.05. The topological polar surface area (TPSA) is 27.0 Å². The highest BCUT2D eigenvalue weighted by Gasteiger charge is 2.37. The summed E-state index contributed by atoms with van der Waals surface area (Å²) in [7, 11) is 0. The Kier molecular flexibility index (Phi) is 2.97. The lowest BCUT2D eigenvalue weighted by Gasteiger charge is -2.45. The summed E-state index contributed by atoms with van der Waals surface area (Å²) in [5.74, 6) is 0. The summed E-state index contributed by atoms with van der Waals surface area (Å²) in [4.78, 5) is 2.26. The number of hydrogen-bond acceptors (Lipinski definition) is 2. The van der Waals surface area contributed by atoms with Crippen LogP contribution in [0.25, 0.3) is 0 Å². The first kappa shape index (κ1) is 10.9. The Labute approximate surface area is 91.1 Å². The van der Waals surface area contributed by atoms with Crippen LogP contribution < -0.4 is 0 Å². The maximum atomic E-state index is 12.7. The minimum atomic E-state index is -0.586. The molecule has 2 rings (SSSR count). The van der Waals surface area contributed by atoms with Crippen molar-refractivity contribution in [3.05, 3.63) is 0 Å². The fourth-order valence-electron chi connectivity index (χ4n) is 2.79. The van der Waals surface area contributed by atoms with E-state index < -0.39 is 6.17 Å². The number of nitriles is 1. The van der Waals surface area contributed by atoms with Gasteiger partial charge in [-0.05, 0) is 31.1 Å². The third kappa shape index (κ3) is 2.31. The van der Waals surface area contributed by atoms with Crippen LogP contribution in [0.4, 0.5) is 4.39 Å². The molecule has 0 atom stereocenters. The lowest BCUT2D eigenvalue weighted by atomic mass is 9.71. The quantitative estimate of drug-likeness (QED) is 0.700. The van der Waals surface area contributed by atoms with Crippen LogP contribution in [0.1, 0.15) is 39.0 Å². The van der Waals surface area contributed by atoms with E-state index in [1.54, 1.807) is 0 Å². The molecule has 2 nitrogen and oxygen atoms in total. The molecule has 0 spiro atoms. The fraction of sp³-hybridized carbons (Fsp3) is 0.917. The van der Waals surface area contributed by atoms with Crippen LogP contribution in [0.5, 0.6) is 0 Å². The minimum Gasteiger partial charge on any atom is -0.295 e. The van der Waals surface area contributed by atoms with Crippen molar-refractivity contribution in [3.8, 4) is 6.07 Å². The zero-order valence-electron chi connectivity index (χ0n) is 9.38. The van der Waals surface area contributed by atoms with Crippen molar-refractivity contribution in [2.24, 2.45) is 5.41 Å². The van der Waals surface area contributed by atoms with Crippen molar-refractivity contribution < 1.29 is 4.39 Å². The smallest absolute Gasteiger partial charge is 0.125 e. The van der Waals surface area contributed by atoms with Crippen LogP contribution in [-0.2, 0) is 0 Å². The SMILES string of the molecule is C[C@]1(CC#N)CC[C@@H](N2CC(F)C2)CC1. The number of halogens is 1. The monoisotopic (exact) mass is 210 g/mol. The molecule has 0 radical (unpaired) electrons.